The predicted molar refractivity (Wildman–Crippen MR) is 70.7 cm³/mol. The summed E-state index contributed by atoms with van der Waals surface area (Å²) in [5.74, 6) is 1.97. The molecule has 1 aromatic rings. The minimum Gasteiger partial charge on any atom is -0.507 e. The van der Waals surface area contributed by atoms with Crippen molar-refractivity contribution >= 4 is 17.7 Å². The summed E-state index contributed by atoms with van der Waals surface area (Å²) in [6.45, 7) is 4.71. The van der Waals surface area contributed by atoms with Crippen LogP contribution < -0.4 is 0 Å². The zero-order chi connectivity index (χ0) is 12.4. The monoisotopic (exact) mass is 251 g/mol. The van der Waals surface area contributed by atoms with Gasteiger partial charge >= 0.3 is 0 Å². The second-order valence-corrected chi connectivity index (χ2v) is 5.59. The first-order valence-electron chi connectivity index (χ1n) is 5.78. The Balaban J connectivity index is 2.24. The number of nitrogens with zero attached hydrogens (tertiary/aromatic N) is 1. The molecule has 1 atom stereocenters. The zero-order valence-corrected chi connectivity index (χ0v) is 11.0. The fourth-order valence-electron chi connectivity index (χ4n) is 2.01. The van der Waals surface area contributed by atoms with Crippen molar-refractivity contribution in [3.8, 4) is 5.75 Å². The first-order valence-corrected chi connectivity index (χ1v) is 6.93. The lowest BCUT2D eigenvalue weighted by Gasteiger charge is -2.33. The minimum atomic E-state index is -0.0599. The van der Waals surface area contributed by atoms with E-state index in [9.17, 15) is 9.90 Å². The minimum absolute atomic E-state index is 0.0599. The van der Waals surface area contributed by atoms with E-state index in [1.807, 2.05) is 29.7 Å². The van der Waals surface area contributed by atoms with Gasteiger partial charge in [-0.1, -0.05) is 6.07 Å². The number of aryl methyl sites for hydroxylation is 1. The molecular formula is C13H17NO2S. The van der Waals surface area contributed by atoms with Gasteiger partial charge in [-0.25, -0.2) is 0 Å². The van der Waals surface area contributed by atoms with Crippen LogP contribution >= 0.6 is 11.8 Å². The van der Waals surface area contributed by atoms with Crippen LogP contribution in [-0.4, -0.2) is 40.0 Å². The molecule has 0 bridgehead atoms. The Labute approximate surface area is 106 Å². The summed E-state index contributed by atoms with van der Waals surface area (Å²) in [4.78, 5) is 14.1. The summed E-state index contributed by atoms with van der Waals surface area (Å²) >= 11 is 1.87. The maximum absolute atomic E-state index is 12.3. The van der Waals surface area contributed by atoms with Crippen LogP contribution in [0.2, 0.25) is 0 Å². The van der Waals surface area contributed by atoms with Crippen LogP contribution in [0.4, 0.5) is 0 Å². The molecule has 0 spiro atoms. The van der Waals surface area contributed by atoms with Crippen LogP contribution in [0.25, 0.3) is 0 Å². The number of carbonyl (C=O) groups is 1. The van der Waals surface area contributed by atoms with Gasteiger partial charge in [-0.15, -0.1) is 0 Å². The van der Waals surface area contributed by atoms with Crippen LogP contribution in [0.15, 0.2) is 18.2 Å². The third-order valence-corrected chi connectivity index (χ3v) is 4.20. The average Bonchev–Trinajstić information content (AvgIpc) is 2.29. The molecule has 2 rings (SSSR count). The van der Waals surface area contributed by atoms with Crippen molar-refractivity contribution in [2.24, 2.45) is 0 Å². The Morgan fingerprint density at radius 2 is 2.29 bits per heavy atom. The molecule has 1 amide bonds. The number of aromatic hydroxyl groups is 1. The van der Waals surface area contributed by atoms with Gasteiger partial charge in [0.25, 0.3) is 5.91 Å². The molecule has 1 unspecified atom stereocenters. The zero-order valence-electron chi connectivity index (χ0n) is 10.1. The lowest BCUT2D eigenvalue weighted by molar-refractivity contribution is 0.0713. The molecule has 1 aromatic carbocycles. The average molecular weight is 251 g/mol. The van der Waals surface area contributed by atoms with Gasteiger partial charge in [0.2, 0.25) is 0 Å². The third-order valence-electron chi connectivity index (χ3n) is 3.01. The van der Waals surface area contributed by atoms with Crippen LogP contribution in [0.3, 0.4) is 0 Å². The van der Waals surface area contributed by atoms with Gasteiger partial charge in [0.15, 0.2) is 0 Å². The third kappa shape index (κ3) is 2.57. The molecule has 92 valence electrons. The van der Waals surface area contributed by atoms with Crippen molar-refractivity contribution in [2.75, 3.05) is 18.1 Å². The molecule has 1 saturated heterocycles. The number of phenolic OH excluding ortho intramolecular Hbond substituents is 1. The van der Waals surface area contributed by atoms with Crippen molar-refractivity contribution in [3.63, 3.8) is 0 Å². The van der Waals surface area contributed by atoms with Gasteiger partial charge in [0, 0.05) is 24.1 Å². The Bertz CT molecular complexity index is 433. The number of rotatable bonds is 1. The Hall–Kier alpha value is -1.16. The highest BCUT2D eigenvalue weighted by Gasteiger charge is 2.26. The summed E-state index contributed by atoms with van der Waals surface area (Å²) in [5, 5.41) is 9.83. The SMILES string of the molecule is Cc1ccc(C(=O)N2CCSCC2C)c(O)c1. The second kappa shape index (κ2) is 5.00. The molecule has 3 nitrogen and oxygen atoms in total. The molecule has 0 radical (unpaired) electrons. The van der Waals surface area contributed by atoms with Crippen molar-refractivity contribution in [3.05, 3.63) is 29.3 Å². The van der Waals surface area contributed by atoms with E-state index in [1.165, 1.54) is 0 Å². The molecule has 1 aliphatic heterocycles. The number of thioether (sulfide) groups is 1. The molecule has 1 N–H and O–H groups in total. The van der Waals surface area contributed by atoms with Gasteiger partial charge in [0.05, 0.1) is 5.56 Å². The molecule has 0 aliphatic carbocycles. The largest absolute Gasteiger partial charge is 0.507 e. The van der Waals surface area contributed by atoms with Crippen LogP contribution in [-0.2, 0) is 0 Å². The van der Waals surface area contributed by atoms with Gasteiger partial charge in [-0.2, -0.15) is 11.8 Å². The highest BCUT2D eigenvalue weighted by atomic mass is 32.2. The number of hydrogen-bond donors (Lipinski definition) is 1. The topological polar surface area (TPSA) is 40.5 Å². The van der Waals surface area contributed by atoms with E-state index in [0.29, 0.717) is 5.56 Å². The number of benzene rings is 1. The van der Waals surface area contributed by atoms with Gasteiger partial charge < -0.3 is 10.0 Å². The van der Waals surface area contributed by atoms with E-state index in [2.05, 4.69) is 6.92 Å². The van der Waals surface area contributed by atoms with Crippen molar-refractivity contribution < 1.29 is 9.90 Å². The maximum atomic E-state index is 12.3. The summed E-state index contributed by atoms with van der Waals surface area (Å²) in [7, 11) is 0. The second-order valence-electron chi connectivity index (χ2n) is 4.44. The molecular weight excluding hydrogens is 234 g/mol. The number of carbonyl (C=O) groups excluding carboxylic acids is 1. The van der Waals surface area contributed by atoms with E-state index in [1.54, 1.807) is 12.1 Å². The van der Waals surface area contributed by atoms with Crippen molar-refractivity contribution in [1.29, 1.82) is 0 Å². The molecule has 0 saturated carbocycles. The summed E-state index contributed by atoms with van der Waals surface area (Å²) in [5.41, 5.74) is 1.37. The number of amides is 1. The summed E-state index contributed by atoms with van der Waals surface area (Å²) < 4.78 is 0. The van der Waals surface area contributed by atoms with Gasteiger partial charge in [-0.3, -0.25) is 4.79 Å². The molecule has 1 heterocycles. The Morgan fingerprint density at radius 3 is 2.94 bits per heavy atom. The first-order chi connectivity index (χ1) is 8.09. The lowest BCUT2D eigenvalue weighted by atomic mass is 10.1. The van der Waals surface area contributed by atoms with Gasteiger partial charge in [-0.05, 0) is 31.5 Å². The molecule has 17 heavy (non-hydrogen) atoms. The number of hydrogen-bond acceptors (Lipinski definition) is 3. The van der Waals surface area contributed by atoms with Gasteiger partial charge in [0.1, 0.15) is 5.75 Å². The van der Waals surface area contributed by atoms with E-state index >= 15 is 0 Å². The maximum Gasteiger partial charge on any atom is 0.257 e. The highest BCUT2D eigenvalue weighted by molar-refractivity contribution is 7.99. The quantitative estimate of drug-likeness (QED) is 0.832. The fourth-order valence-corrected chi connectivity index (χ4v) is 3.02. The molecule has 0 aromatic heterocycles. The van der Waals surface area contributed by atoms with E-state index in [-0.39, 0.29) is 17.7 Å². The Kier molecular flexibility index (Phi) is 3.62. The van der Waals surface area contributed by atoms with E-state index < -0.39 is 0 Å². The lowest BCUT2D eigenvalue weighted by Crippen LogP contribution is -2.44. The predicted octanol–water partition coefficient (Wildman–Crippen LogP) is 2.28. The van der Waals surface area contributed by atoms with Crippen LogP contribution in [0, 0.1) is 6.92 Å². The standard InChI is InChI=1S/C13H17NO2S/c1-9-3-4-11(12(15)7-9)13(16)14-5-6-17-8-10(14)2/h3-4,7,10,15H,5-6,8H2,1-2H3. The molecule has 4 heteroatoms. The smallest absolute Gasteiger partial charge is 0.257 e. The molecule has 1 fully saturated rings. The van der Waals surface area contributed by atoms with E-state index in [4.69, 9.17) is 0 Å². The summed E-state index contributed by atoms with van der Waals surface area (Å²) in [6, 6.07) is 5.44. The van der Waals surface area contributed by atoms with E-state index in [0.717, 1.165) is 23.6 Å². The van der Waals surface area contributed by atoms with Crippen molar-refractivity contribution in [2.45, 2.75) is 19.9 Å². The Morgan fingerprint density at radius 1 is 1.53 bits per heavy atom. The highest BCUT2D eigenvalue weighted by Crippen LogP contribution is 2.24. The first kappa shape index (κ1) is 12.3. The van der Waals surface area contributed by atoms with Crippen molar-refractivity contribution in [1.82, 2.24) is 4.90 Å². The normalized spacial score (nSPS) is 20.4. The summed E-state index contributed by atoms with van der Waals surface area (Å²) in [6.07, 6.45) is 0. The van der Waals surface area contributed by atoms with Crippen LogP contribution in [0.5, 0.6) is 5.75 Å². The fraction of sp³-hybridized carbons (Fsp3) is 0.462. The number of phenols is 1. The molecule has 1 aliphatic rings. The van der Waals surface area contributed by atoms with Crippen LogP contribution in [0.1, 0.15) is 22.8 Å².